The zero-order valence-electron chi connectivity index (χ0n) is 10.1. The third kappa shape index (κ3) is 3.68. The lowest BCUT2D eigenvalue weighted by Crippen LogP contribution is -2.26. The number of nitrogens with one attached hydrogen (secondary N) is 1. The van der Waals surface area contributed by atoms with E-state index in [4.69, 9.17) is 11.6 Å². The highest BCUT2D eigenvalue weighted by molar-refractivity contribution is 6.30. The summed E-state index contributed by atoms with van der Waals surface area (Å²) in [4.78, 5) is 8.03. The maximum Gasteiger partial charge on any atom is 0.227 e. The number of anilines is 2. The fraction of sp³-hybridized carbons (Fsp3) is 0.364. The minimum absolute atomic E-state index is 0.413. The predicted octanol–water partition coefficient (Wildman–Crippen LogP) is 1.84. The molecule has 2 heterocycles. The molecule has 18 heavy (non-hydrogen) atoms. The van der Waals surface area contributed by atoms with Crippen molar-refractivity contribution in [3.8, 4) is 0 Å². The number of hydrogen-bond acceptors (Lipinski definition) is 5. The molecule has 0 radical (unpaired) electrons. The molecule has 2 aromatic rings. The van der Waals surface area contributed by atoms with Crippen LogP contribution >= 0.6 is 11.6 Å². The summed E-state index contributed by atoms with van der Waals surface area (Å²) in [6.07, 6.45) is 6.44. The predicted molar refractivity (Wildman–Crippen MR) is 68.8 cm³/mol. The van der Waals surface area contributed by atoms with Crippen molar-refractivity contribution in [2.24, 2.45) is 0 Å². The fourth-order valence-corrected chi connectivity index (χ4v) is 1.51. The molecule has 96 valence electrons. The third-order valence-electron chi connectivity index (χ3n) is 2.06. The third-order valence-corrected chi connectivity index (χ3v) is 2.25. The van der Waals surface area contributed by atoms with E-state index in [2.05, 4.69) is 20.4 Å². The highest BCUT2D eigenvalue weighted by Crippen LogP contribution is 2.14. The van der Waals surface area contributed by atoms with Crippen molar-refractivity contribution in [1.82, 2.24) is 19.7 Å². The topological polar surface area (TPSA) is 75.9 Å². The summed E-state index contributed by atoms with van der Waals surface area (Å²) in [7, 11) is 0. The van der Waals surface area contributed by atoms with Crippen LogP contribution in [0, 0.1) is 0 Å². The first-order chi connectivity index (χ1) is 8.42. The Hall–Kier alpha value is -1.66. The monoisotopic (exact) mass is 267 g/mol. The van der Waals surface area contributed by atoms with Gasteiger partial charge in [-0.25, -0.2) is 9.97 Å². The lowest BCUT2D eigenvalue weighted by atomic mass is 10.1. The molecular formula is C11H14ClN5O. The van der Waals surface area contributed by atoms with Crippen LogP contribution in [0.3, 0.4) is 0 Å². The van der Waals surface area contributed by atoms with E-state index in [-0.39, 0.29) is 0 Å². The molecule has 0 aliphatic heterocycles. The van der Waals surface area contributed by atoms with Gasteiger partial charge in [-0.05, 0) is 13.8 Å². The number of aromatic nitrogens is 4. The van der Waals surface area contributed by atoms with Gasteiger partial charge in [0.15, 0.2) is 0 Å². The standard InChI is InChI=1S/C11H14ClN5O/c1-11(2,18)7-17-6-9(5-15-17)16-10-13-3-8(12)4-14-10/h3-6,18H,7H2,1-2H3,(H,13,14,16). The van der Waals surface area contributed by atoms with E-state index in [1.54, 1.807) is 30.9 Å². The second-order valence-corrected chi connectivity index (χ2v) is 5.03. The van der Waals surface area contributed by atoms with Gasteiger partial charge in [-0.15, -0.1) is 0 Å². The molecule has 0 aliphatic carbocycles. The van der Waals surface area contributed by atoms with Crippen molar-refractivity contribution in [3.63, 3.8) is 0 Å². The highest BCUT2D eigenvalue weighted by atomic mass is 35.5. The molecule has 0 atom stereocenters. The Morgan fingerprint density at radius 2 is 2.00 bits per heavy atom. The summed E-state index contributed by atoms with van der Waals surface area (Å²) in [5.74, 6) is 0.446. The molecule has 0 saturated carbocycles. The summed E-state index contributed by atoms with van der Waals surface area (Å²) >= 11 is 5.69. The zero-order valence-corrected chi connectivity index (χ0v) is 10.9. The van der Waals surface area contributed by atoms with Gasteiger partial charge in [-0.1, -0.05) is 11.6 Å². The minimum atomic E-state index is -0.805. The summed E-state index contributed by atoms with van der Waals surface area (Å²) in [5.41, 5.74) is -0.0540. The minimum Gasteiger partial charge on any atom is -0.389 e. The average molecular weight is 268 g/mol. The van der Waals surface area contributed by atoms with Crippen molar-refractivity contribution in [3.05, 3.63) is 29.8 Å². The van der Waals surface area contributed by atoms with Crippen molar-refractivity contribution in [2.45, 2.75) is 26.0 Å². The second-order valence-electron chi connectivity index (χ2n) is 4.59. The summed E-state index contributed by atoms with van der Waals surface area (Å²) in [5, 5.41) is 17.3. The molecule has 2 N–H and O–H groups in total. The maximum absolute atomic E-state index is 9.68. The van der Waals surface area contributed by atoms with Crippen molar-refractivity contribution < 1.29 is 5.11 Å². The second kappa shape index (κ2) is 4.91. The van der Waals surface area contributed by atoms with E-state index >= 15 is 0 Å². The molecule has 0 aliphatic rings. The first-order valence-electron chi connectivity index (χ1n) is 5.42. The quantitative estimate of drug-likeness (QED) is 0.884. The normalized spacial score (nSPS) is 11.6. The smallest absolute Gasteiger partial charge is 0.227 e. The summed E-state index contributed by atoms with van der Waals surface area (Å²) in [6, 6.07) is 0. The number of rotatable bonds is 4. The molecule has 0 amide bonds. The fourth-order valence-electron chi connectivity index (χ4n) is 1.42. The molecule has 7 heteroatoms. The van der Waals surface area contributed by atoms with Crippen LogP contribution in [0.2, 0.25) is 5.02 Å². The maximum atomic E-state index is 9.68. The van der Waals surface area contributed by atoms with Gasteiger partial charge >= 0.3 is 0 Å². The van der Waals surface area contributed by atoms with E-state index in [0.29, 0.717) is 17.5 Å². The number of nitrogens with zero attached hydrogens (tertiary/aromatic N) is 4. The van der Waals surface area contributed by atoms with E-state index in [1.807, 2.05) is 0 Å². The molecule has 0 saturated heterocycles. The van der Waals surface area contributed by atoms with Gasteiger partial charge in [-0.2, -0.15) is 5.10 Å². The van der Waals surface area contributed by atoms with Gasteiger partial charge in [0, 0.05) is 6.20 Å². The van der Waals surface area contributed by atoms with Crippen molar-refractivity contribution in [1.29, 1.82) is 0 Å². The largest absolute Gasteiger partial charge is 0.389 e. The zero-order chi connectivity index (χ0) is 13.2. The van der Waals surface area contributed by atoms with Crippen LogP contribution in [0.4, 0.5) is 11.6 Å². The van der Waals surface area contributed by atoms with E-state index in [0.717, 1.165) is 5.69 Å². The van der Waals surface area contributed by atoms with Crippen LogP contribution in [-0.4, -0.2) is 30.5 Å². The molecule has 0 aromatic carbocycles. The Labute approximate surface area is 110 Å². The Morgan fingerprint density at radius 3 is 2.61 bits per heavy atom. The van der Waals surface area contributed by atoms with Gasteiger partial charge in [0.05, 0.1) is 41.4 Å². The molecular weight excluding hydrogens is 254 g/mol. The lowest BCUT2D eigenvalue weighted by Gasteiger charge is -2.16. The lowest BCUT2D eigenvalue weighted by molar-refractivity contribution is 0.0578. The molecule has 6 nitrogen and oxygen atoms in total. The van der Waals surface area contributed by atoms with Crippen LogP contribution < -0.4 is 5.32 Å². The van der Waals surface area contributed by atoms with Crippen LogP contribution in [0.1, 0.15) is 13.8 Å². The van der Waals surface area contributed by atoms with Crippen molar-refractivity contribution in [2.75, 3.05) is 5.32 Å². The van der Waals surface area contributed by atoms with Crippen LogP contribution in [0.25, 0.3) is 0 Å². The van der Waals surface area contributed by atoms with E-state index in [1.165, 1.54) is 12.4 Å². The molecule has 0 spiro atoms. The molecule has 2 rings (SSSR count). The van der Waals surface area contributed by atoms with Gasteiger partial charge in [0.25, 0.3) is 0 Å². The highest BCUT2D eigenvalue weighted by Gasteiger charge is 2.14. The van der Waals surface area contributed by atoms with Crippen molar-refractivity contribution >= 4 is 23.2 Å². The Morgan fingerprint density at radius 1 is 1.33 bits per heavy atom. The first-order valence-corrected chi connectivity index (χ1v) is 5.80. The number of halogens is 1. The molecule has 0 fully saturated rings. The van der Waals surface area contributed by atoms with E-state index in [9.17, 15) is 5.11 Å². The van der Waals surface area contributed by atoms with Crippen LogP contribution in [0.5, 0.6) is 0 Å². The van der Waals surface area contributed by atoms with Gasteiger partial charge < -0.3 is 10.4 Å². The Bertz CT molecular complexity index is 517. The number of aliphatic hydroxyl groups is 1. The molecule has 2 aromatic heterocycles. The van der Waals surface area contributed by atoms with E-state index < -0.39 is 5.60 Å². The Balaban J connectivity index is 2.04. The first kappa shape index (κ1) is 12.8. The molecule has 0 bridgehead atoms. The number of hydrogen-bond donors (Lipinski definition) is 2. The summed E-state index contributed by atoms with van der Waals surface area (Å²) in [6.45, 7) is 3.87. The SMILES string of the molecule is CC(C)(O)Cn1cc(Nc2ncc(Cl)cn2)cn1. The van der Waals surface area contributed by atoms with Gasteiger partial charge in [0.2, 0.25) is 5.95 Å². The van der Waals surface area contributed by atoms with Crippen LogP contribution in [0.15, 0.2) is 24.8 Å². The average Bonchev–Trinajstić information content (AvgIpc) is 2.66. The van der Waals surface area contributed by atoms with Gasteiger partial charge in [0.1, 0.15) is 0 Å². The van der Waals surface area contributed by atoms with Crippen LogP contribution in [-0.2, 0) is 6.54 Å². The Kier molecular flexibility index (Phi) is 3.49. The molecule has 0 unspecified atom stereocenters. The summed E-state index contributed by atoms with van der Waals surface area (Å²) < 4.78 is 1.65. The van der Waals surface area contributed by atoms with Gasteiger partial charge in [-0.3, -0.25) is 4.68 Å².